The van der Waals surface area contributed by atoms with Gasteiger partial charge < -0.3 is 20.1 Å². The van der Waals surface area contributed by atoms with Crippen molar-refractivity contribution in [2.75, 3.05) is 24.7 Å². The Morgan fingerprint density at radius 1 is 1.07 bits per heavy atom. The lowest BCUT2D eigenvalue weighted by Crippen LogP contribution is -2.29. The van der Waals surface area contributed by atoms with Gasteiger partial charge in [0.1, 0.15) is 41.1 Å². The summed E-state index contributed by atoms with van der Waals surface area (Å²) in [5.74, 6) is 1.62. The highest BCUT2D eigenvalue weighted by atomic mass is 79.9. The van der Waals surface area contributed by atoms with Crippen LogP contribution in [0.2, 0.25) is 0 Å². The van der Waals surface area contributed by atoms with Gasteiger partial charge in [-0.3, -0.25) is 0 Å². The van der Waals surface area contributed by atoms with Crippen LogP contribution in [0.4, 0.5) is 15.9 Å². The molecule has 5 aromatic rings. The molecule has 0 saturated carbocycles. The van der Waals surface area contributed by atoms with E-state index in [9.17, 15) is 12.8 Å². The van der Waals surface area contributed by atoms with Crippen LogP contribution in [0.25, 0.3) is 22.2 Å². The highest BCUT2D eigenvalue weighted by molar-refractivity contribution is 9.10. The molecule has 0 aliphatic heterocycles. The lowest BCUT2D eigenvalue weighted by Gasteiger charge is -2.15. The summed E-state index contributed by atoms with van der Waals surface area (Å²) in [6.07, 6.45) is 2.25. The van der Waals surface area contributed by atoms with Crippen molar-refractivity contribution in [3.05, 3.63) is 87.2 Å². The first kappa shape index (κ1) is 33.7. The summed E-state index contributed by atoms with van der Waals surface area (Å²) >= 11 is 5.10. The minimum absolute atomic E-state index is 0.0765. The Morgan fingerprint density at radius 3 is 2.61 bits per heavy atom. The van der Waals surface area contributed by atoms with E-state index in [0.29, 0.717) is 29.4 Å². The fourth-order valence-corrected chi connectivity index (χ4v) is 7.11. The monoisotopic (exact) mass is 727 g/mol. The Hall–Kier alpha value is -3.65. The average Bonchev–Trinajstić information content (AvgIpc) is 3.52. The number of rotatable bonds is 14. The molecule has 2 heterocycles. The Bertz CT molecular complexity index is 1940. The van der Waals surface area contributed by atoms with Crippen LogP contribution in [0.1, 0.15) is 43.8 Å². The van der Waals surface area contributed by atoms with Crippen molar-refractivity contribution in [1.29, 1.82) is 0 Å². The number of thiazole rings is 1. The van der Waals surface area contributed by atoms with Crippen LogP contribution in [0.15, 0.2) is 70.8 Å². The molecule has 0 aliphatic carbocycles. The number of sulfone groups is 1. The van der Waals surface area contributed by atoms with E-state index in [-0.39, 0.29) is 24.2 Å². The number of fused-ring (bicyclic) bond motifs is 1. The minimum atomic E-state index is -3.13. The molecule has 242 valence electrons. The van der Waals surface area contributed by atoms with E-state index in [0.717, 1.165) is 43.8 Å². The van der Waals surface area contributed by atoms with E-state index in [2.05, 4.69) is 36.5 Å². The molecule has 1 atom stereocenters. The van der Waals surface area contributed by atoms with Gasteiger partial charge in [-0.15, -0.1) is 11.3 Å². The van der Waals surface area contributed by atoms with Crippen molar-refractivity contribution >= 4 is 59.5 Å². The fraction of sp³-hybridized carbons (Fsp3) is 0.303. The zero-order valence-corrected chi connectivity index (χ0v) is 29.1. The maximum absolute atomic E-state index is 13.5. The SMILES string of the molecule is CCC(NCCS(=O)(=O)C(C)C)c1nc(-c2cc3c(Nc4ccc(OCc5cccc(F)c5)c(Br)c4)ncnc3cc2OC)cs1. The average molecular weight is 729 g/mol. The van der Waals surface area contributed by atoms with Crippen LogP contribution in [-0.4, -0.2) is 48.0 Å². The quantitative estimate of drug-likeness (QED) is 0.118. The van der Waals surface area contributed by atoms with Gasteiger partial charge in [-0.1, -0.05) is 19.1 Å². The number of aromatic nitrogens is 3. The third-order valence-electron chi connectivity index (χ3n) is 7.43. The number of nitrogens with zero attached hydrogens (tertiary/aromatic N) is 3. The van der Waals surface area contributed by atoms with Gasteiger partial charge >= 0.3 is 0 Å². The predicted octanol–water partition coefficient (Wildman–Crippen LogP) is 7.85. The summed E-state index contributed by atoms with van der Waals surface area (Å²) in [6.45, 7) is 6.03. The third kappa shape index (κ3) is 8.00. The van der Waals surface area contributed by atoms with Gasteiger partial charge in [0.15, 0.2) is 9.84 Å². The number of anilines is 2. The minimum Gasteiger partial charge on any atom is -0.496 e. The molecule has 9 nitrogen and oxygen atoms in total. The van der Waals surface area contributed by atoms with Crippen LogP contribution in [0.5, 0.6) is 11.5 Å². The van der Waals surface area contributed by atoms with Crippen molar-refractivity contribution in [3.63, 3.8) is 0 Å². The molecule has 2 aromatic heterocycles. The largest absolute Gasteiger partial charge is 0.496 e. The van der Waals surface area contributed by atoms with Gasteiger partial charge in [0.05, 0.1) is 39.8 Å². The lowest BCUT2D eigenvalue weighted by atomic mass is 10.1. The Kier molecular flexibility index (Phi) is 10.9. The second-order valence-corrected chi connectivity index (χ2v) is 15.3. The summed E-state index contributed by atoms with van der Waals surface area (Å²) in [5.41, 5.74) is 3.73. The first-order valence-corrected chi connectivity index (χ1v) is 18.1. The summed E-state index contributed by atoms with van der Waals surface area (Å²) < 4.78 is 50.4. The highest BCUT2D eigenvalue weighted by Gasteiger charge is 2.20. The van der Waals surface area contributed by atoms with Gasteiger partial charge in [-0.2, -0.15) is 0 Å². The second kappa shape index (κ2) is 14.8. The van der Waals surface area contributed by atoms with Crippen molar-refractivity contribution in [3.8, 4) is 22.8 Å². The number of hydrogen-bond donors (Lipinski definition) is 2. The molecule has 2 N–H and O–H groups in total. The van der Waals surface area contributed by atoms with Gasteiger partial charge in [0.25, 0.3) is 0 Å². The molecular formula is C33H35BrFN5O4S2. The molecule has 0 spiro atoms. The maximum atomic E-state index is 13.5. The molecule has 13 heteroatoms. The predicted molar refractivity (Wildman–Crippen MR) is 185 cm³/mol. The Balaban J connectivity index is 1.36. The van der Waals surface area contributed by atoms with Crippen molar-refractivity contribution < 1.29 is 22.3 Å². The fourth-order valence-electron chi connectivity index (χ4n) is 4.76. The molecule has 0 saturated heterocycles. The van der Waals surface area contributed by atoms with Gasteiger partial charge in [0, 0.05) is 34.6 Å². The zero-order valence-electron chi connectivity index (χ0n) is 25.9. The highest BCUT2D eigenvalue weighted by Crippen LogP contribution is 2.38. The van der Waals surface area contributed by atoms with Crippen LogP contribution in [0.3, 0.4) is 0 Å². The Labute approximate surface area is 280 Å². The molecule has 0 amide bonds. The molecule has 0 aliphatic rings. The summed E-state index contributed by atoms with van der Waals surface area (Å²) in [4.78, 5) is 13.9. The van der Waals surface area contributed by atoms with Crippen molar-refractivity contribution in [1.82, 2.24) is 20.3 Å². The van der Waals surface area contributed by atoms with Crippen molar-refractivity contribution in [2.24, 2.45) is 0 Å². The molecule has 46 heavy (non-hydrogen) atoms. The molecule has 1 unspecified atom stereocenters. The molecule has 0 fully saturated rings. The first-order valence-electron chi connectivity index (χ1n) is 14.7. The van der Waals surface area contributed by atoms with E-state index in [4.69, 9.17) is 14.5 Å². The van der Waals surface area contributed by atoms with Crippen molar-refractivity contribution in [2.45, 2.75) is 45.1 Å². The summed E-state index contributed by atoms with van der Waals surface area (Å²) in [7, 11) is -1.52. The molecule has 0 radical (unpaired) electrons. The number of hydrogen-bond acceptors (Lipinski definition) is 10. The number of nitrogens with one attached hydrogen (secondary N) is 2. The van der Waals surface area contributed by atoms with E-state index in [1.54, 1.807) is 27.0 Å². The van der Waals surface area contributed by atoms with E-state index >= 15 is 0 Å². The normalized spacial score (nSPS) is 12.4. The smallest absolute Gasteiger partial charge is 0.153 e. The van der Waals surface area contributed by atoms with Crippen LogP contribution in [-0.2, 0) is 16.4 Å². The zero-order chi connectivity index (χ0) is 32.8. The summed E-state index contributed by atoms with van der Waals surface area (Å²) in [5, 5.41) is 9.97. The van der Waals surface area contributed by atoms with Gasteiger partial charge in [-0.25, -0.2) is 27.8 Å². The molecule has 0 bridgehead atoms. The van der Waals surface area contributed by atoms with Crippen LogP contribution >= 0.6 is 27.3 Å². The van der Waals surface area contributed by atoms with Crippen LogP contribution < -0.4 is 20.1 Å². The number of ether oxygens (including phenoxy) is 2. The third-order valence-corrected chi connectivity index (χ3v) is 11.2. The molecule has 3 aromatic carbocycles. The number of methoxy groups -OCH3 is 1. The van der Waals surface area contributed by atoms with E-state index < -0.39 is 15.1 Å². The standard InChI is InChI=1S/C33H35BrFN5O4S2/c1-5-27(36-11-12-46(41,42)20(2)3)33-40-29(18-45-33)24-15-25-28(16-31(24)43-4)37-19-38-32(25)39-23-9-10-30(26(34)14-23)44-17-21-7-6-8-22(35)13-21/h6-10,13-16,18-20,27,36H,5,11-12,17H2,1-4H3,(H,37,38,39). The number of halogens is 2. The van der Waals surface area contributed by atoms with Gasteiger partial charge in [-0.05, 0) is 78.2 Å². The van der Waals surface area contributed by atoms with Crippen LogP contribution in [0, 0.1) is 5.82 Å². The second-order valence-electron chi connectivity index (χ2n) is 10.9. The lowest BCUT2D eigenvalue weighted by molar-refractivity contribution is 0.303. The van der Waals surface area contributed by atoms with Gasteiger partial charge in [0.2, 0.25) is 0 Å². The molecule has 5 rings (SSSR count). The first-order chi connectivity index (χ1) is 22.1. The van der Waals surface area contributed by atoms with E-state index in [1.807, 2.05) is 48.7 Å². The topological polar surface area (TPSA) is 115 Å². The maximum Gasteiger partial charge on any atom is 0.153 e. The van der Waals surface area contributed by atoms with E-state index in [1.165, 1.54) is 29.8 Å². The Morgan fingerprint density at radius 2 is 1.89 bits per heavy atom. The summed E-state index contributed by atoms with van der Waals surface area (Å²) in [6, 6.07) is 15.7. The molecular weight excluding hydrogens is 693 g/mol. The number of benzene rings is 3.